The Morgan fingerprint density at radius 1 is 1.35 bits per heavy atom. The van der Waals surface area contributed by atoms with Gasteiger partial charge in [0.2, 0.25) is 0 Å². The molecule has 1 aromatic carbocycles. The normalized spacial score (nSPS) is 10.9. The van der Waals surface area contributed by atoms with Crippen LogP contribution < -0.4 is 4.74 Å². The molecule has 0 spiro atoms. The first-order valence-corrected chi connectivity index (χ1v) is 6.93. The molecule has 0 saturated heterocycles. The molecular formula is C11H14O5S. The van der Waals surface area contributed by atoms with Gasteiger partial charge in [0.1, 0.15) is 5.75 Å². The zero-order valence-corrected chi connectivity index (χ0v) is 10.5. The second kappa shape index (κ2) is 5.67. The van der Waals surface area contributed by atoms with Gasteiger partial charge >= 0.3 is 5.97 Å². The fourth-order valence-electron chi connectivity index (χ4n) is 1.23. The molecule has 0 aliphatic carbocycles. The number of carbonyl (C=O) groups is 1. The Kier molecular flexibility index (Phi) is 4.51. The highest BCUT2D eigenvalue weighted by molar-refractivity contribution is 7.89. The number of esters is 1. The molecule has 0 aromatic heterocycles. The Hall–Kier alpha value is -1.56. The summed E-state index contributed by atoms with van der Waals surface area (Å²) in [6.07, 6.45) is 1.16. The second-order valence-electron chi connectivity index (χ2n) is 3.58. The van der Waals surface area contributed by atoms with E-state index in [1.807, 2.05) is 0 Å². The summed E-state index contributed by atoms with van der Waals surface area (Å²) >= 11 is 0. The van der Waals surface area contributed by atoms with Crippen molar-refractivity contribution >= 4 is 15.8 Å². The molecule has 0 aliphatic rings. The van der Waals surface area contributed by atoms with E-state index in [1.165, 1.54) is 7.11 Å². The number of methoxy groups -OCH3 is 1. The third-order valence-electron chi connectivity index (χ3n) is 1.91. The van der Waals surface area contributed by atoms with Gasteiger partial charge in [-0.05, 0) is 17.7 Å². The second-order valence-corrected chi connectivity index (χ2v) is 5.72. The van der Waals surface area contributed by atoms with E-state index in [9.17, 15) is 13.2 Å². The SMILES string of the molecule is COC(=O)COc1cccc(CS(C)(=O)=O)c1. The quantitative estimate of drug-likeness (QED) is 0.730. The van der Waals surface area contributed by atoms with Crippen LogP contribution in [0, 0.1) is 0 Å². The topological polar surface area (TPSA) is 69.7 Å². The molecule has 0 N–H and O–H groups in total. The van der Waals surface area contributed by atoms with Crippen molar-refractivity contribution in [2.45, 2.75) is 5.75 Å². The van der Waals surface area contributed by atoms with Gasteiger partial charge in [-0.15, -0.1) is 0 Å². The molecule has 1 rings (SSSR count). The van der Waals surface area contributed by atoms with Crippen LogP contribution in [0.15, 0.2) is 24.3 Å². The van der Waals surface area contributed by atoms with Crippen molar-refractivity contribution in [2.75, 3.05) is 20.0 Å². The van der Waals surface area contributed by atoms with Gasteiger partial charge in [-0.25, -0.2) is 13.2 Å². The molecule has 17 heavy (non-hydrogen) atoms. The summed E-state index contributed by atoms with van der Waals surface area (Å²) in [7, 11) is -1.81. The van der Waals surface area contributed by atoms with E-state index >= 15 is 0 Å². The van der Waals surface area contributed by atoms with E-state index in [0.29, 0.717) is 11.3 Å². The number of hydrogen-bond donors (Lipinski definition) is 0. The van der Waals surface area contributed by atoms with Gasteiger partial charge in [0.05, 0.1) is 12.9 Å². The van der Waals surface area contributed by atoms with E-state index in [4.69, 9.17) is 4.74 Å². The van der Waals surface area contributed by atoms with Crippen LogP contribution in [0.5, 0.6) is 5.75 Å². The minimum atomic E-state index is -3.08. The van der Waals surface area contributed by atoms with Crippen LogP contribution in [-0.4, -0.2) is 34.4 Å². The number of hydrogen-bond acceptors (Lipinski definition) is 5. The molecular weight excluding hydrogens is 244 g/mol. The summed E-state index contributed by atoms with van der Waals surface area (Å²) in [6, 6.07) is 6.60. The predicted molar refractivity (Wildman–Crippen MR) is 62.5 cm³/mol. The lowest BCUT2D eigenvalue weighted by Gasteiger charge is -2.06. The highest BCUT2D eigenvalue weighted by Gasteiger charge is 2.06. The lowest BCUT2D eigenvalue weighted by Crippen LogP contribution is -2.12. The molecule has 0 saturated carbocycles. The van der Waals surface area contributed by atoms with Crippen LogP contribution in [0.3, 0.4) is 0 Å². The van der Waals surface area contributed by atoms with Crippen molar-refractivity contribution in [3.8, 4) is 5.75 Å². The lowest BCUT2D eigenvalue weighted by atomic mass is 10.2. The van der Waals surface area contributed by atoms with Gasteiger partial charge in [-0.3, -0.25) is 0 Å². The van der Waals surface area contributed by atoms with Gasteiger partial charge in [0, 0.05) is 6.26 Å². The van der Waals surface area contributed by atoms with Crippen LogP contribution in [-0.2, 0) is 25.1 Å². The molecule has 0 unspecified atom stereocenters. The average molecular weight is 258 g/mol. The van der Waals surface area contributed by atoms with Crippen molar-refractivity contribution in [1.29, 1.82) is 0 Å². The predicted octanol–water partition coefficient (Wildman–Crippen LogP) is 0.783. The van der Waals surface area contributed by atoms with Crippen molar-refractivity contribution in [3.63, 3.8) is 0 Å². The summed E-state index contributed by atoms with van der Waals surface area (Å²) in [6.45, 7) is -0.196. The smallest absolute Gasteiger partial charge is 0.343 e. The fourth-order valence-corrected chi connectivity index (χ4v) is 2.01. The monoisotopic (exact) mass is 258 g/mol. The van der Waals surface area contributed by atoms with Crippen LogP contribution in [0.4, 0.5) is 0 Å². The van der Waals surface area contributed by atoms with Crippen LogP contribution >= 0.6 is 0 Å². The number of benzene rings is 1. The van der Waals surface area contributed by atoms with E-state index < -0.39 is 15.8 Å². The summed E-state index contributed by atoms with van der Waals surface area (Å²) in [4.78, 5) is 10.9. The maximum Gasteiger partial charge on any atom is 0.343 e. The summed E-state index contributed by atoms with van der Waals surface area (Å²) in [5.74, 6) is -0.0994. The van der Waals surface area contributed by atoms with Crippen molar-refractivity contribution in [2.24, 2.45) is 0 Å². The van der Waals surface area contributed by atoms with Crippen LogP contribution in [0.2, 0.25) is 0 Å². The van der Waals surface area contributed by atoms with Crippen molar-refractivity contribution in [1.82, 2.24) is 0 Å². The number of ether oxygens (including phenoxy) is 2. The van der Waals surface area contributed by atoms with Gasteiger partial charge in [-0.1, -0.05) is 12.1 Å². The third kappa shape index (κ3) is 5.35. The molecule has 0 radical (unpaired) electrons. The third-order valence-corrected chi connectivity index (χ3v) is 2.77. The zero-order chi connectivity index (χ0) is 12.9. The van der Waals surface area contributed by atoms with Gasteiger partial charge in [0.25, 0.3) is 0 Å². The first-order valence-electron chi connectivity index (χ1n) is 4.87. The molecule has 0 amide bonds. The summed E-state index contributed by atoms with van der Waals surface area (Å²) < 4.78 is 31.8. The first-order chi connectivity index (χ1) is 7.90. The van der Waals surface area contributed by atoms with E-state index in [1.54, 1.807) is 24.3 Å². The highest BCUT2D eigenvalue weighted by atomic mass is 32.2. The van der Waals surface area contributed by atoms with E-state index in [0.717, 1.165) is 6.26 Å². The van der Waals surface area contributed by atoms with E-state index in [-0.39, 0.29) is 12.4 Å². The standard InChI is InChI=1S/C11H14O5S/c1-15-11(12)7-16-10-5-3-4-9(6-10)8-17(2,13)14/h3-6H,7-8H2,1-2H3. The van der Waals surface area contributed by atoms with Gasteiger partial charge in [-0.2, -0.15) is 0 Å². The first kappa shape index (κ1) is 13.5. The zero-order valence-electron chi connectivity index (χ0n) is 9.67. The molecule has 0 bridgehead atoms. The molecule has 0 atom stereocenters. The molecule has 5 nitrogen and oxygen atoms in total. The van der Waals surface area contributed by atoms with Gasteiger partial charge < -0.3 is 9.47 Å². The summed E-state index contributed by atoms with van der Waals surface area (Å²) in [5.41, 5.74) is 0.620. The van der Waals surface area contributed by atoms with Gasteiger partial charge in [0.15, 0.2) is 16.4 Å². The Morgan fingerprint density at radius 3 is 2.65 bits per heavy atom. The molecule has 0 heterocycles. The highest BCUT2D eigenvalue weighted by Crippen LogP contribution is 2.15. The molecule has 1 aromatic rings. The Labute approximate surface area is 100 Å². The van der Waals surface area contributed by atoms with Crippen LogP contribution in [0.25, 0.3) is 0 Å². The Bertz CT molecular complexity index is 492. The number of rotatable bonds is 5. The Balaban J connectivity index is 2.69. The minimum absolute atomic E-state index is 0.0532. The lowest BCUT2D eigenvalue weighted by molar-refractivity contribution is -0.142. The summed E-state index contributed by atoms with van der Waals surface area (Å²) in [5, 5.41) is 0. The molecule has 94 valence electrons. The largest absolute Gasteiger partial charge is 0.482 e. The molecule has 0 fully saturated rings. The fraction of sp³-hybridized carbons (Fsp3) is 0.364. The van der Waals surface area contributed by atoms with E-state index in [2.05, 4.69) is 4.74 Å². The minimum Gasteiger partial charge on any atom is -0.482 e. The number of sulfone groups is 1. The number of carbonyl (C=O) groups excluding carboxylic acids is 1. The average Bonchev–Trinajstić information content (AvgIpc) is 2.24. The molecule has 0 aliphatic heterocycles. The Morgan fingerprint density at radius 2 is 2.06 bits per heavy atom. The van der Waals surface area contributed by atoms with Crippen molar-refractivity contribution in [3.05, 3.63) is 29.8 Å². The van der Waals surface area contributed by atoms with Crippen molar-refractivity contribution < 1.29 is 22.7 Å². The molecule has 6 heteroatoms. The maximum atomic E-state index is 11.1. The van der Waals surface area contributed by atoms with Crippen LogP contribution in [0.1, 0.15) is 5.56 Å². The maximum absolute atomic E-state index is 11.1.